The van der Waals surface area contributed by atoms with Gasteiger partial charge >= 0.3 is 0 Å². The minimum atomic E-state index is 0.551. The van der Waals surface area contributed by atoms with Gasteiger partial charge in [-0.3, -0.25) is 9.47 Å². The fraction of sp³-hybridized carbons (Fsp3) is 0.579. The number of nitrogens with zero attached hydrogens (tertiary/aromatic N) is 5. The number of benzene rings is 1. The zero-order valence-electron chi connectivity index (χ0n) is 15.3. The molecule has 2 heterocycles. The molecule has 7 heteroatoms. The van der Waals surface area contributed by atoms with E-state index in [1.807, 2.05) is 16.8 Å². The summed E-state index contributed by atoms with van der Waals surface area (Å²) in [5, 5.41) is 5.70. The van der Waals surface area contributed by atoms with Crippen molar-refractivity contribution < 1.29 is 0 Å². The SMILES string of the molecule is CN(Cc1ccc(Cl)cc1)Cn1nc(N2CCCCC2)n(C2CC2)c1=S. The van der Waals surface area contributed by atoms with Crippen LogP contribution in [0.2, 0.25) is 5.02 Å². The molecule has 1 saturated heterocycles. The zero-order chi connectivity index (χ0) is 18.1. The van der Waals surface area contributed by atoms with E-state index in [0.717, 1.165) is 35.4 Å². The summed E-state index contributed by atoms with van der Waals surface area (Å²) in [7, 11) is 2.10. The van der Waals surface area contributed by atoms with E-state index in [0.29, 0.717) is 12.7 Å². The molecule has 0 N–H and O–H groups in total. The molecule has 2 aliphatic rings. The summed E-state index contributed by atoms with van der Waals surface area (Å²) in [5.41, 5.74) is 1.24. The van der Waals surface area contributed by atoms with Crippen LogP contribution in [0.4, 0.5) is 5.95 Å². The van der Waals surface area contributed by atoms with E-state index >= 15 is 0 Å². The summed E-state index contributed by atoms with van der Waals surface area (Å²) in [5.74, 6) is 1.08. The van der Waals surface area contributed by atoms with E-state index in [4.69, 9.17) is 28.9 Å². The van der Waals surface area contributed by atoms with Crippen molar-refractivity contribution in [2.75, 3.05) is 25.0 Å². The van der Waals surface area contributed by atoms with Crippen molar-refractivity contribution in [1.29, 1.82) is 0 Å². The van der Waals surface area contributed by atoms with E-state index in [-0.39, 0.29) is 0 Å². The van der Waals surface area contributed by atoms with Crippen LogP contribution in [0.1, 0.15) is 43.7 Å². The molecule has 1 aromatic carbocycles. The van der Waals surface area contributed by atoms with Crippen LogP contribution in [0.5, 0.6) is 0 Å². The molecule has 5 nitrogen and oxygen atoms in total. The van der Waals surface area contributed by atoms with Crippen LogP contribution in [-0.4, -0.2) is 39.4 Å². The molecule has 0 amide bonds. The molecule has 0 bridgehead atoms. The Morgan fingerprint density at radius 3 is 2.50 bits per heavy atom. The van der Waals surface area contributed by atoms with Gasteiger partial charge in [0.2, 0.25) is 10.7 Å². The van der Waals surface area contributed by atoms with Gasteiger partial charge in [-0.05, 0) is 69.1 Å². The van der Waals surface area contributed by atoms with Crippen LogP contribution in [0.15, 0.2) is 24.3 Å². The van der Waals surface area contributed by atoms with Gasteiger partial charge < -0.3 is 4.90 Å². The van der Waals surface area contributed by atoms with Gasteiger partial charge in [-0.15, -0.1) is 5.10 Å². The Kier molecular flexibility index (Phi) is 5.34. The molecular formula is C19H26ClN5S. The van der Waals surface area contributed by atoms with Gasteiger partial charge in [0.25, 0.3) is 0 Å². The highest BCUT2D eigenvalue weighted by atomic mass is 35.5. The van der Waals surface area contributed by atoms with Crippen molar-refractivity contribution in [3.63, 3.8) is 0 Å². The lowest BCUT2D eigenvalue weighted by Gasteiger charge is -2.27. The van der Waals surface area contributed by atoms with Crippen LogP contribution in [0.3, 0.4) is 0 Å². The van der Waals surface area contributed by atoms with Crippen LogP contribution < -0.4 is 4.90 Å². The highest BCUT2D eigenvalue weighted by Crippen LogP contribution is 2.38. The van der Waals surface area contributed by atoms with Gasteiger partial charge in [-0.1, -0.05) is 23.7 Å². The van der Waals surface area contributed by atoms with Gasteiger partial charge in [-0.2, -0.15) is 0 Å². The first kappa shape index (κ1) is 18.0. The third-order valence-electron chi connectivity index (χ3n) is 5.14. The van der Waals surface area contributed by atoms with Gasteiger partial charge in [-0.25, -0.2) is 4.68 Å². The third-order valence-corrected chi connectivity index (χ3v) is 5.80. The minimum Gasteiger partial charge on any atom is -0.341 e. The van der Waals surface area contributed by atoms with E-state index in [9.17, 15) is 0 Å². The normalized spacial score (nSPS) is 17.9. The highest BCUT2D eigenvalue weighted by molar-refractivity contribution is 7.71. The topological polar surface area (TPSA) is 29.2 Å². The van der Waals surface area contributed by atoms with Crippen molar-refractivity contribution in [1.82, 2.24) is 19.2 Å². The second-order valence-corrected chi connectivity index (χ2v) is 8.31. The minimum absolute atomic E-state index is 0.551. The van der Waals surface area contributed by atoms with Gasteiger partial charge in [0.1, 0.15) is 0 Å². The maximum atomic E-state index is 5.98. The van der Waals surface area contributed by atoms with Crippen molar-refractivity contribution >= 4 is 29.8 Å². The van der Waals surface area contributed by atoms with Crippen molar-refractivity contribution in [2.45, 2.75) is 51.4 Å². The number of aromatic nitrogens is 3. The summed E-state index contributed by atoms with van der Waals surface area (Å²) >= 11 is 11.8. The average molecular weight is 392 g/mol. The van der Waals surface area contributed by atoms with Crippen molar-refractivity contribution in [3.05, 3.63) is 39.6 Å². The van der Waals surface area contributed by atoms with Crippen LogP contribution >= 0.6 is 23.8 Å². The van der Waals surface area contributed by atoms with Crippen LogP contribution in [0.25, 0.3) is 0 Å². The van der Waals surface area contributed by atoms with Gasteiger partial charge in [0.15, 0.2) is 0 Å². The Morgan fingerprint density at radius 2 is 1.85 bits per heavy atom. The first-order valence-corrected chi connectivity index (χ1v) is 10.3. The number of halogens is 1. The Hall–Kier alpha value is -1.37. The molecule has 4 rings (SSSR count). The largest absolute Gasteiger partial charge is 0.341 e. The predicted octanol–water partition coefficient (Wildman–Crippen LogP) is 4.48. The second kappa shape index (κ2) is 7.71. The lowest BCUT2D eigenvalue weighted by atomic mass is 10.1. The molecule has 0 atom stereocenters. The quantitative estimate of drug-likeness (QED) is 0.679. The van der Waals surface area contributed by atoms with E-state index in [1.54, 1.807) is 0 Å². The number of anilines is 1. The van der Waals surface area contributed by atoms with E-state index in [1.165, 1.54) is 37.7 Å². The molecule has 0 radical (unpaired) electrons. The van der Waals surface area contributed by atoms with E-state index in [2.05, 4.69) is 33.5 Å². The molecule has 2 fully saturated rings. The molecule has 0 unspecified atom stereocenters. The summed E-state index contributed by atoms with van der Waals surface area (Å²) in [6, 6.07) is 8.56. The maximum Gasteiger partial charge on any atom is 0.226 e. The second-order valence-electron chi connectivity index (χ2n) is 7.51. The molecule has 1 aliphatic carbocycles. The molecule has 26 heavy (non-hydrogen) atoms. The van der Waals surface area contributed by atoms with Crippen molar-refractivity contribution in [2.24, 2.45) is 0 Å². The van der Waals surface area contributed by atoms with Crippen LogP contribution in [0, 0.1) is 4.77 Å². The van der Waals surface area contributed by atoms with Gasteiger partial charge in [0, 0.05) is 30.7 Å². The molecule has 0 spiro atoms. The zero-order valence-corrected chi connectivity index (χ0v) is 16.8. The maximum absolute atomic E-state index is 5.98. The highest BCUT2D eigenvalue weighted by Gasteiger charge is 2.31. The third kappa shape index (κ3) is 3.97. The summed E-state index contributed by atoms with van der Waals surface area (Å²) < 4.78 is 5.15. The lowest BCUT2D eigenvalue weighted by Crippen LogP contribution is -2.32. The molecule has 1 saturated carbocycles. The molecule has 1 aromatic heterocycles. The molecule has 140 valence electrons. The average Bonchev–Trinajstić information content (AvgIpc) is 3.43. The Balaban J connectivity index is 1.52. The molecular weight excluding hydrogens is 366 g/mol. The summed E-state index contributed by atoms with van der Waals surface area (Å²) in [6.07, 6.45) is 6.27. The smallest absolute Gasteiger partial charge is 0.226 e. The molecule has 1 aliphatic heterocycles. The lowest BCUT2D eigenvalue weighted by molar-refractivity contribution is 0.243. The predicted molar refractivity (Wildman–Crippen MR) is 108 cm³/mol. The Morgan fingerprint density at radius 1 is 1.15 bits per heavy atom. The van der Waals surface area contributed by atoms with Crippen molar-refractivity contribution in [3.8, 4) is 0 Å². The number of hydrogen-bond acceptors (Lipinski definition) is 4. The summed E-state index contributed by atoms with van der Waals surface area (Å²) in [6.45, 7) is 3.73. The molecule has 2 aromatic rings. The van der Waals surface area contributed by atoms with Crippen LogP contribution in [-0.2, 0) is 13.2 Å². The number of piperidine rings is 1. The number of rotatable bonds is 6. The van der Waals surface area contributed by atoms with Gasteiger partial charge in [0.05, 0.1) is 6.67 Å². The Labute approximate surface area is 165 Å². The fourth-order valence-corrected chi connectivity index (χ4v) is 4.10. The Bertz CT molecular complexity index is 802. The fourth-order valence-electron chi connectivity index (χ4n) is 3.64. The number of hydrogen-bond donors (Lipinski definition) is 0. The van der Waals surface area contributed by atoms with E-state index < -0.39 is 0 Å². The first-order chi connectivity index (χ1) is 12.6. The first-order valence-electron chi connectivity index (χ1n) is 9.49. The monoisotopic (exact) mass is 391 g/mol. The standard InChI is InChI=1S/C19H26ClN5S/c1-22(13-15-5-7-16(20)8-6-15)14-24-19(26)25(17-9-10-17)18(21-24)23-11-3-2-4-12-23/h5-8,17H,2-4,9-14H2,1H3. The summed E-state index contributed by atoms with van der Waals surface area (Å²) in [4.78, 5) is 4.66.